The zero-order valence-corrected chi connectivity index (χ0v) is 6.11. The third kappa shape index (κ3) is 2.04. The maximum Gasteiger partial charge on any atom is 0.0189 e. The summed E-state index contributed by atoms with van der Waals surface area (Å²) in [6.07, 6.45) is 1.99. The van der Waals surface area contributed by atoms with E-state index in [4.69, 9.17) is 0 Å². The first kappa shape index (κ1) is 7.18. The molecule has 3 nitrogen and oxygen atoms in total. The van der Waals surface area contributed by atoms with Crippen molar-refractivity contribution in [3.63, 3.8) is 0 Å². The fourth-order valence-electron chi connectivity index (χ4n) is 1.13. The predicted octanol–water partition coefficient (Wildman–Crippen LogP) is 0.169. The molecule has 0 radical (unpaired) electrons. The summed E-state index contributed by atoms with van der Waals surface area (Å²) < 4.78 is 22.4. The van der Waals surface area contributed by atoms with Crippen molar-refractivity contribution in [3.8, 4) is 0 Å². The van der Waals surface area contributed by atoms with E-state index in [1.54, 1.807) is 0 Å². The third-order valence-corrected chi connectivity index (χ3v) is 2.16. The van der Waals surface area contributed by atoms with Crippen LogP contribution in [0.2, 0.25) is 0 Å². The van der Waals surface area contributed by atoms with Crippen LogP contribution in [0.4, 0.5) is 0 Å². The van der Waals surface area contributed by atoms with Crippen LogP contribution in [0.25, 0.3) is 0 Å². The van der Waals surface area contributed by atoms with E-state index in [0.29, 0.717) is 5.92 Å². The highest BCUT2D eigenvalue weighted by Gasteiger charge is 2.24. The van der Waals surface area contributed by atoms with Gasteiger partial charge in [0.05, 0.1) is 0 Å². The summed E-state index contributed by atoms with van der Waals surface area (Å²) in [4.78, 5) is 0. The number of hydrogen-bond donors (Lipinski definition) is 1. The molecule has 54 valence electrons. The van der Waals surface area contributed by atoms with E-state index in [-0.39, 0.29) is 6.04 Å². The lowest BCUT2D eigenvalue weighted by Crippen LogP contribution is -2.40. The maximum atomic E-state index is 10.00. The first-order chi connectivity index (χ1) is 4.18. The predicted molar refractivity (Wildman–Crippen MR) is 34.2 cm³/mol. The maximum absolute atomic E-state index is 10.00. The second-order valence-electron chi connectivity index (χ2n) is 2.63. The van der Waals surface area contributed by atoms with Crippen molar-refractivity contribution in [2.75, 3.05) is 0 Å². The molecular formula is C5H10NO2S-. The molecule has 0 aromatic carbocycles. The molecule has 0 bridgehead atoms. The first-order valence-corrected chi connectivity index (χ1v) is 4.11. The quantitative estimate of drug-likeness (QED) is 0.567. The second-order valence-corrected chi connectivity index (χ2v) is 3.33. The van der Waals surface area contributed by atoms with Crippen molar-refractivity contribution in [3.05, 3.63) is 0 Å². The fraction of sp³-hybridized carbons (Fsp3) is 1.00. The average Bonchev–Trinajstić information content (AvgIpc) is 1.60. The fourth-order valence-corrected chi connectivity index (χ4v) is 1.60. The van der Waals surface area contributed by atoms with Crippen molar-refractivity contribution in [2.24, 2.45) is 5.92 Å². The molecule has 0 saturated heterocycles. The minimum absolute atomic E-state index is 0.221. The molecule has 1 N–H and O–H groups in total. The van der Waals surface area contributed by atoms with Gasteiger partial charge in [0.2, 0.25) is 0 Å². The molecule has 1 fully saturated rings. The average molecular weight is 148 g/mol. The number of hydrogen-bond acceptors (Lipinski definition) is 2. The lowest BCUT2D eigenvalue weighted by atomic mass is 9.83. The lowest BCUT2D eigenvalue weighted by molar-refractivity contribution is 0.268. The summed E-state index contributed by atoms with van der Waals surface area (Å²) in [7, 11) is 0. The Bertz CT molecular complexity index is 122. The molecule has 0 aromatic rings. The second kappa shape index (κ2) is 2.77. The van der Waals surface area contributed by atoms with Crippen molar-refractivity contribution in [2.45, 2.75) is 25.8 Å². The van der Waals surface area contributed by atoms with Crippen LogP contribution in [0.15, 0.2) is 0 Å². The van der Waals surface area contributed by atoms with Gasteiger partial charge in [-0.3, -0.25) is 4.21 Å². The van der Waals surface area contributed by atoms with Crippen molar-refractivity contribution in [1.29, 1.82) is 0 Å². The molecule has 1 aliphatic rings. The van der Waals surface area contributed by atoms with Crippen molar-refractivity contribution < 1.29 is 8.76 Å². The molecule has 1 aliphatic carbocycles. The zero-order valence-electron chi connectivity index (χ0n) is 5.29. The Hall–Kier alpha value is 0.0700. The van der Waals surface area contributed by atoms with Gasteiger partial charge >= 0.3 is 0 Å². The Labute approximate surface area is 57.3 Å². The van der Waals surface area contributed by atoms with E-state index >= 15 is 0 Å². The number of rotatable bonds is 2. The largest absolute Gasteiger partial charge is 0.760 e. The van der Waals surface area contributed by atoms with E-state index in [9.17, 15) is 8.76 Å². The van der Waals surface area contributed by atoms with Gasteiger partial charge in [-0.25, -0.2) is 4.72 Å². The van der Waals surface area contributed by atoms with Gasteiger partial charge in [0, 0.05) is 17.3 Å². The van der Waals surface area contributed by atoms with Crippen LogP contribution in [0.1, 0.15) is 19.8 Å². The minimum atomic E-state index is -2.06. The molecule has 1 unspecified atom stereocenters. The Balaban J connectivity index is 2.11. The first-order valence-electron chi connectivity index (χ1n) is 3.04. The van der Waals surface area contributed by atoms with Crippen molar-refractivity contribution in [1.82, 2.24) is 4.72 Å². The highest BCUT2D eigenvalue weighted by atomic mass is 32.2. The van der Waals surface area contributed by atoms with Gasteiger partial charge in [-0.15, -0.1) is 0 Å². The lowest BCUT2D eigenvalue weighted by Gasteiger charge is -2.33. The van der Waals surface area contributed by atoms with Crippen LogP contribution in [0.5, 0.6) is 0 Å². The van der Waals surface area contributed by atoms with Crippen molar-refractivity contribution >= 4 is 11.3 Å². The van der Waals surface area contributed by atoms with Crippen LogP contribution in [-0.2, 0) is 11.3 Å². The summed E-state index contributed by atoms with van der Waals surface area (Å²) in [5, 5.41) is 0. The Morgan fingerprint density at radius 2 is 2.22 bits per heavy atom. The van der Waals surface area contributed by atoms with Gasteiger partial charge < -0.3 is 4.55 Å². The summed E-state index contributed by atoms with van der Waals surface area (Å²) in [6.45, 7) is 2.12. The van der Waals surface area contributed by atoms with Gasteiger partial charge in [-0.05, 0) is 18.8 Å². The zero-order chi connectivity index (χ0) is 6.85. The molecule has 0 heterocycles. The van der Waals surface area contributed by atoms with Gasteiger partial charge in [-0.2, -0.15) is 0 Å². The summed E-state index contributed by atoms with van der Waals surface area (Å²) in [6, 6.07) is 0.221. The molecule has 1 atom stereocenters. The molecular weight excluding hydrogens is 138 g/mol. The normalized spacial score (nSPS) is 37.6. The summed E-state index contributed by atoms with van der Waals surface area (Å²) in [5.41, 5.74) is 0. The highest BCUT2D eigenvalue weighted by molar-refractivity contribution is 7.77. The van der Waals surface area contributed by atoms with E-state index in [2.05, 4.69) is 11.6 Å². The third-order valence-electron chi connectivity index (χ3n) is 1.64. The summed E-state index contributed by atoms with van der Waals surface area (Å²) in [5.74, 6) is 0.700. The Morgan fingerprint density at radius 1 is 1.67 bits per heavy atom. The monoisotopic (exact) mass is 148 g/mol. The van der Waals surface area contributed by atoms with E-state index in [1.807, 2.05) is 0 Å². The van der Waals surface area contributed by atoms with Gasteiger partial charge in [0.15, 0.2) is 0 Å². The van der Waals surface area contributed by atoms with E-state index < -0.39 is 11.3 Å². The number of nitrogens with one attached hydrogen (secondary N) is 1. The van der Waals surface area contributed by atoms with Gasteiger partial charge in [0.25, 0.3) is 0 Å². The molecule has 9 heavy (non-hydrogen) atoms. The molecule has 4 heteroatoms. The van der Waals surface area contributed by atoms with E-state index in [1.165, 1.54) is 0 Å². The molecule has 0 aliphatic heterocycles. The standard InChI is InChI=1S/C5H11NO2S/c1-4-2-5(3-4)6-9(7)8/h4-6H,2-3H2,1H3,(H,7,8)/p-1. The smallest absolute Gasteiger partial charge is 0.0189 e. The Kier molecular flexibility index (Phi) is 2.21. The van der Waals surface area contributed by atoms with Crippen LogP contribution >= 0.6 is 0 Å². The van der Waals surface area contributed by atoms with Crippen LogP contribution in [0.3, 0.4) is 0 Å². The molecule has 0 aromatic heterocycles. The minimum Gasteiger partial charge on any atom is -0.760 e. The summed E-state index contributed by atoms with van der Waals surface area (Å²) >= 11 is -2.06. The van der Waals surface area contributed by atoms with E-state index in [0.717, 1.165) is 12.8 Å². The van der Waals surface area contributed by atoms with Gasteiger partial charge in [0.1, 0.15) is 0 Å². The molecule has 1 saturated carbocycles. The molecule has 0 amide bonds. The Morgan fingerprint density at radius 3 is 2.56 bits per heavy atom. The van der Waals surface area contributed by atoms with Crippen LogP contribution in [0, 0.1) is 5.92 Å². The topological polar surface area (TPSA) is 52.2 Å². The van der Waals surface area contributed by atoms with Gasteiger partial charge in [-0.1, -0.05) is 6.92 Å². The highest BCUT2D eigenvalue weighted by Crippen LogP contribution is 2.26. The molecule has 1 rings (SSSR count). The SMILES string of the molecule is CC1CC(NS(=O)[O-])C1. The van der Waals surface area contributed by atoms with Crippen LogP contribution in [-0.4, -0.2) is 14.8 Å². The molecule has 0 spiro atoms. The van der Waals surface area contributed by atoms with Crippen LogP contribution < -0.4 is 4.72 Å².